The highest BCUT2D eigenvalue weighted by atomic mass is 16.2. The Labute approximate surface area is 172 Å². The maximum absolute atomic E-state index is 12.8. The van der Waals surface area contributed by atoms with Gasteiger partial charge in [-0.05, 0) is 45.0 Å². The lowest BCUT2D eigenvalue weighted by molar-refractivity contribution is -0.704. The van der Waals surface area contributed by atoms with Gasteiger partial charge >= 0.3 is 0 Å². The molecule has 3 aromatic carbocycles. The molecular formula is C25H27N2O2+. The predicted octanol–water partition coefficient (Wildman–Crippen LogP) is 3.88. The number of aryl methyl sites for hydroxylation is 1. The molecule has 3 N–H and O–H groups in total. The third-order valence-electron chi connectivity index (χ3n) is 5.05. The van der Waals surface area contributed by atoms with Crippen LogP contribution in [0.2, 0.25) is 0 Å². The van der Waals surface area contributed by atoms with Crippen molar-refractivity contribution in [3.63, 3.8) is 0 Å². The van der Waals surface area contributed by atoms with Crippen molar-refractivity contribution in [1.29, 1.82) is 0 Å². The highest BCUT2D eigenvalue weighted by Crippen LogP contribution is 2.19. The fourth-order valence-corrected chi connectivity index (χ4v) is 3.27. The van der Waals surface area contributed by atoms with E-state index in [0.29, 0.717) is 11.3 Å². The molecule has 0 aliphatic heterocycles. The van der Waals surface area contributed by atoms with Gasteiger partial charge in [0.05, 0.1) is 0 Å². The van der Waals surface area contributed by atoms with E-state index in [2.05, 4.69) is 54.0 Å². The summed E-state index contributed by atoms with van der Waals surface area (Å²) >= 11 is 0. The van der Waals surface area contributed by atoms with Gasteiger partial charge in [-0.25, -0.2) is 0 Å². The molecule has 0 saturated carbocycles. The Morgan fingerprint density at radius 2 is 1.41 bits per heavy atom. The lowest BCUT2D eigenvalue weighted by atomic mass is 9.97. The maximum Gasteiger partial charge on any atom is 0.282 e. The number of benzene rings is 3. The molecule has 148 valence electrons. The number of hydrogen-bond donors (Lipinski definition) is 2. The summed E-state index contributed by atoms with van der Waals surface area (Å²) in [6.07, 6.45) is 0. The van der Waals surface area contributed by atoms with Crippen LogP contribution in [-0.4, -0.2) is 17.7 Å². The predicted molar refractivity (Wildman–Crippen MR) is 116 cm³/mol. The number of amides is 1. The molecule has 0 aromatic heterocycles. The lowest BCUT2D eigenvalue weighted by Gasteiger charge is -2.21. The Bertz CT molecular complexity index is 964. The van der Waals surface area contributed by atoms with Crippen LogP contribution in [0.3, 0.4) is 0 Å². The summed E-state index contributed by atoms with van der Waals surface area (Å²) in [5.41, 5.74) is 4.84. The van der Waals surface area contributed by atoms with Crippen molar-refractivity contribution < 1.29 is 14.9 Å². The van der Waals surface area contributed by atoms with E-state index >= 15 is 0 Å². The lowest BCUT2D eigenvalue weighted by Crippen LogP contribution is -2.92. The normalized spacial score (nSPS) is 12.8. The minimum absolute atomic E-state index is 0.00776. The third-order valence-corrected chi connectivity index (χ3v) is 5.05. The van der Waals surface area contributed by atoms with Crippen LogP contribution >= 0.6 is 0 Å². The minimum atomic E-state index is -0.297. The second-order valence-electron chi connectivity index (χ2n) is 7.40. The molecule has 0 radical (unpaired) electrons. The van der Waals surface area contributed by atoms with Crippen molar-refractivity contribution in [2.45, 2.75) is 32.9 Å². The Morgan fingerprint density at radius 3 is 2.00 bits per heavy atom. The smallest absolute Gasteiger partial charge is 0.282 e. The molecule has 0 fully saturated rings. The van der Waals surface area contributed by atoms with Crippen LogP contribution in [0.4, 0.5) is 5.69 Å². The molecule has 0 unspecified atom stereocenters. The fourth-order valence-electron chi connectivity index (χ4n) is 3.27. The van der Waals surface area contributed by atoms with E-state index in [-0.39, 0.29) is 23.8 Å². The molecule has 3 rings (SSSR count). The first-order valence-electron chi connectivity index (χ1n) is 9.82. The summed E-state index contributed by atoms with van der Waals surface area (Å²) in [5.74, 6) is -0.0676. The molecule has 0 aliphatic carbocycles. The molecular weight excluding hydrogens is 360 g/mol. The Morgan fingerprint density at radius 1 is 0.828 bits per heavy atom. The van der Waals surface area contributed by atoms with Gasteiger partial charge in [0.1, 0.15) is 6.04 Å². The fraction of sp³-hybridized carbons (Fsp3) is 0.200. The monoisotopic (exact) mass is 387 g/mol. The van der Waals surface area contributed by atoms with E-state index in [4.69, 9.17) is 0 Å². The van der Waals surface area contributed by atoms with E-state index in [1.165, 1.54) is 12.5 Å². The molecule has 0 heterocycles. The van der Waals surface area contributed by atoms with Gasteiger partial charge in [-0.15, -0.1) is 0 Å². The number of carbonyl (C=O) groups is 2. The maximum atomic E-state index is 12.8. The summed E-state index contributed by atoms with van der Waals surface area (Å²) in [4.78, 5) is 24.2. The molecule has 0 spiro atoms. The summed E-state index contributed by atoms with van der Waals surface area (Å²) in [6, 6.07) is 25.4. The number of quaternary nitrogens is 1. The number of ketones is 1. The highest BCUT2D eigenvalue weighted by molar-refractivity contribution is 5.96. The van der Waals surface area contributed by atoms with E-state index in [1.807, 2.05) is 25.1 Å². The average molecular weight is 388 g/mol. The molecule has 0 bridgehead atoms. The van der Waals surface area contributed by atoms with Crippen LogP contribution in [0, 0.1) is 6.92 Å². The van der Waals surface area contributed by atoms with Gasteiger partial charge in [0.2, 0.25) is 0 Å². The zero-order valence-corrected chi connectivity index (χ0v) is 17.1. The number of rotatable bonds is 7. The van der Waals surface area contributed by atoms with Crippen molar-refractivity contribution in [3.8, 4) is 0 Å². The SMILES string of the molecule is CC(=O)c1ccc(NC(=O)[C@@H](C)[NH2+][C@H](c2ccccc2)c2ccc(C)cc2)cc1. The molecule has 29 heavy (non-hydrogen) atoms. The first-order valence-corrected chi connectivity index (χ1v) is 9.82. The van der Waals surface area contributed by atoms with E-state index in [1.54, 1.807) is 24.3 Å². The Hall–Kier alpha value is -3.24. The Balaban J connectivity index is 1.75. The van der Waals surface area contributed by atoms with Crippen molar-refractivity contribution >= 4 is 17.4 Å². The summed E-state index contributed by atoms with van der Waals surface area (Å²) in [6.45, 7) is 5.50. The number of carbonyl (C=O) groups excluding carboxylic acids is 2. The number of nitrogens with two attached hydrogens (primary N) is 1. The first-order chi connectivity index (χ1) is 13.9. The van der Waals surface area contributed by atoms with Gasteiger partial charge in [0.15, 0.2) is 11.8 Å². The second kappa shape index (κ2) is 9.30. The molecule has 0 saturated heterocycles. The molecule has 1 amide bonds. The summed E-state index contributed by atoms with van der Waals surface area (Å²) < 4.78 is 0. The summed E-state index contributed by atoms with van der Waals surface area (Å²) in [5, 5.41) is 5.03. The van der Waals surface area contributed by atoms with Crippen LogP contribution in [0.25, 0.3) is 0 Å². The first kappa shape index (κ1) is 20.5. The zero-order chi connectivity index (χ0) is 20.8. The molecule has 4 nitrogen and oxygen atoms in total. The van der Waals surface area contributed by atoms with Gasteiger partial charge in [-0.3, -0.25) is 9.59 Å². The molecule has 0 aliphatic rings. The van der Waals surface area contributed by atoms with Crippen molar-refractivity contribution in [2.75, 3.05) is 5.32 Å². The number of nitrogens with one attached hydrogen (secondary N) is 1. The number of hydrogen-bond acceptors (Lipinski definition) is 2. The van der Waals surface area contributed by atoms with Gasteiger partial charge in [0.25, 0.3) is 5.91 Å². The average Bonchev–Trinajstić information content (AvgIpc) is 2.73. The molecule has 2 atom stereocenters. The number of anilines is 1. The largest absolute Gasteiger partial charge is 0.326 e. The van der Waals surface area contributed by atoms with Crippen molar-refractivity contribution in [2.24, 2.45) is 0 Å². The topological polar surface area (TPSA) is 62.8 Å². The second-order valence-corrected chi connectivity index (χ2v) is 7.40. The van der Waals surface area contributed by atoms with E-state index in [9.17, 15) is 9.59 Å². The standard InChI is InChI=1S/C25H26N2O2/c1-17-9-11-22(12-10-17)24(21-7-5-4-6-8-21)26-18(2)25(29)27-23-15-13-20(14-16-23)19(3)28/h4-16,18,24,26H,1-3H3,(H,27,29)/p+1/t18-,24-/m1/s1. The zero-order valence-electron chi connectivity index (χ0n) is 17.1. The van der Waals surface area contributed by atoms with Crippen LogP contribution in [-0.2, 0) is 4.79 Å². The Kier molecular flexibility index (Phi) is 6.57. The quantitative estimate of drug-likeness (QED) is 0.605. The van der Waals surface area contributed by atoms with Gasteiger partial charge in [-0.2, -0.15) is 0 Å². The number of Topliss-reactive ketones (excluding diaryl/α,β-unsaturated/α-hetero) is 1. The van der Waals surface area contributed by atoms with Gasteiger partial charge in [0, 0.05) is 22.4 Å². The minimum Gasteiger partial charge on any atom is -0.326 e. The van der Waals surface area contributed by atoms with Crippen molar-refractivity contribution in [3.05, 3.63) is 101 Å². The van der Waals surface area contributed by atoms with Gasteiger partial charge in [-0.1, -0.05) is 60.2 Å². The van der Waals surface area contributed by atoms with Crippen molar-refractivity contribution in [1.82, 2.24) is 0 Å². The summed E-state index contributed by atoms with van der Waals surface area (Å²) in [7, 11) is 0. The molecule has 3 aromatic rings. The van der Waals surface area contributed by atoms with E-state index in [0.717, 1.165) is 11.1 Å². The van der Waals surface area contributed by atoms with E-state index < -0.39 is 0 Å². The van der Waals surface area contributed by atoms with Crippen LogP contribution in [0.1, 0.15) is 46.9 Å². The highest BCUT2D eigenvalue weighted by Gasteiger charge is 2.24. The van der Waals surface area contributed by atoms with Crippen LogP contribution in [0.15, 0.2) is 78.9 Å². The molecule has 4 heteroatoms. The third kappa shape index (κ3) is 5.39. The van der Waals surface area contributed by atoms with Crippen LogP contribution in [0.5, 0.6) is 0 Å². The van der Waals surface area contributed by atoms with Crippen LogP contribution < -0.4 is 10.6 Å². The van der Waals surface area contributed by atoms with Gasteiger partial charge < -0.3 is 10.6 Å².